The van der Waals surface area contributed by atoms with E-state index < -0.39 is 0 Å². The van der Waals surface area contributed by atoms with E-state index in [1.807, 2.05) is 20.0 Å². The van der Waals surface area contributed by atoms with Gasteiger partial charge in [-0.25, -0.2) is 4.98 Å². The van der Waals surface area contributed by atoms with E-state index in [1.165, 1.54) is 0 Å². The van der Waals surface area contributed by atoms with E-state index in [2.05, 4.69) is 59.5 Å². The summed E-state index contributed by atoms with van der Waals surface area (Å²) in [4.78, 5) is 20.9. The molecular formula is C23H35N3O2. The quantitative estimate of drug-likeness (QED) is 0.508. The van der Waals surface area contributed by atoms with E-state index in [9.17, 15) is 4.79 Å². The van der Waals surface area contributed by atoms with Crippen LogP contribution < -0.4 is 4.90 Å². The van der Waals surface area contributed by atoms with Gasteiger partial charge in [0, 0.05) is 62.2 Å². The van der Waals surface area contributed by atoms with Crippen molar-refractivity contribution in [3.8, 4) is 11.8 Å². The number of ether oxygens (including phenoxy) is 1. The maximum atomic E-state index is 11.6. The minimum absolute atomic E-state index is 0.00265. The lowest BCUT2D eigenvalue weighted by molar-refractivity contribution is -0.123. The van der Waals surface area contributed by atoms with Crippen molar-refractivity contribution in [3.05, 3.63) is 23.9 Å². The van der Waals surface area contributed by atoms with Crippen molar-refractivity contribution in [1.29, 1.82) is 0 Å². The molecule has 1 fully saturated rings. The molecule has 0 saturated carbocycles. The number of piperazine rings is 1. The molecule has 1 saturated heterocycles. The van der Waals surface area contributed by atoms with Crippen molar-refractivity contribution in [2.24, 2.45) is 11.3 Å². The Morgan fingerprint density at radius 3 is 2.46 bits per heavy atom. The van der Waals surface area contributed by atoms with Crippen LogP contribution in [-0.4, -0.2) is 61.6 Å². The number of ketones is 1. The highest BCUT2D eigenvalue weighted by Gasteiger charge is 2.17. The van der Waals surface area contributed by atoms with Gasteiger partial charge >= 0.3 is 0 Å². The minimum Gasteiger partial charge on any atom is -0.380 e. The highest BCUT2D eigenvalue weighted by atomic mass is 16.5. The first-order valence-electron chi connectivity index (χ1n) is 10.3. The Labute approximate surface area is 170 Å². The fraction of sp³-hybridized carbons (Fsp3) is 0.652. The molecule has 5 heteroatoms. The van der Waals surface area contributed by atoms with E-state index in [0.717, 1.165) is 44.1 Å². The molecule has 0 N–H and O–H groups in total. The van der Waals surface area contributed by atoms with Crippen molar-refractivity contribution < 1.29 is 9.53 Å². The highest BCUT2D eigenvalue weighted by Crippen LogP contribution is 2.15. The second-order valence-electron chi connectivity index (χ2n) is 8.72. The predicted molar refractivity (Wildman–Crippen MR) is 115 cm³/mol. The molecule has 0 amide bonds. The zero-order valence-electron chi connectivity index (χ0n) is 18.1. The van der Waals surface area contributed by atoms with Gasteiger partial charge in [-0.15, -0.1) is 0 Å². The molecule has 0 unspecified atom stereocenters. The van der Waals surface area contributed by atoms with Crippen LogP contribution in [0.1, 0.15) is 46.6 Å². The van der Waals surface area contributed by atoms with E-state index in [4.69, 9.17) is 4.74 Å². The lowest BCUT2D eigenvalue weighted by Crippen LogP contribution is -2.47. The van der Waals surface area contributed by atoms with Gasteiger partial charge in [0.2, 0.25) is 0 Å². The second kappa shape index (κ2) is 10.6. The average molecular weight is 386 g/mol. The van der Waals surface area contributed by atoms with Crippen molar-refractivity contribution in [3.63, 3.8) is 0 Å². The molecule has 1 aromatic rings. The summed E-state index contributed by atoms with van der Waals surface area (Å²) in [6.07, 6.45) is 2.39. The number of hydrogen-bond acceptors (Lipinski definition) is 5. The molecule has 1 aromatic heterocycles. The summed E-state index contributed by atoms with van der Waals surface area (Å²) in [6, 6.07) is 4.12. The zero-order chi connectivity index (χ0) is 20.6. The molecule has 1 aliphatic heterocycles. The van der Waals surface area contributed by atoms with E-state index in [1.54, 1.807) is 0 Å². The fourth-order valence-electron chi connectivity index (χ4n) is 2.86. The Hall–Kier alpha value is -1.90. The Morgan fingerprint density at radius 2 is 1.89 bits per heavy atom. The van der Waals surface area contributed by atoms with Gasteiger partial charge in [-0.05, 0) is 32.9 Å². The van der Waals surface area contributed by atoms with Gasteiger partial charge < -0.3 is 9.64 Å². The Balaban J connectivity index is 1.69. The third kappa shape index (κ3) is 8.00. The summed E-state index contributed by atoms with van der Waals surface area (Å²) in [7, 11) is 0. The first-order valence-corrected chi connectivity index (χ1v) is 10.3. The Kier molecular flexibility index (Phi) is 8.47. The van der Waals surface area contributed by atoms with Crippen LogP contribution in [0.4, 0.5) is 5.82 Å². The molecule has 0 aromatic carbocycles. The van der Waals surface area contributed by atoms with E-state index >= 15 is 0 Å². The van der Waals surface area contributed by atoms with Gasteiger partial charge in [0.15, 0.2) is 0 Å². The van der Waals surface area contributed by atoms with Gasteiger partial charge in [0.05, 0.1) is 13.2 Å². The first-order chi connectivity index (χ1) is 13.2. The predicted octanol–water partition coefficient (Wildman–Crippen LogP) is 3.23. The SMILES string of the molecule is CC(C)C(=O)CCOCCN1CCN(c2ccc(C#CC(C)(C)C)cn2)CC1. The number of Topliss-reactive ketones (excluding diaryl/α,β-unsaturated/α-hetero) is 1. The number of nitrogens with zero attached hydrogens (tertiary/aromatic N) is 3. The van der Waals surface area contributed by atoms with Crippen LogP contribution in [0.15, 0.2) is 18.3 Å². The largest absolute Gasteiger partial charge is 0.380 e. The number of anilines is 1. The lowest BCUT2D eigenvalue weighted by atomic mass is 9.97. The summed E-state index contributed by atoms with van der Waals surface area (Å²) in [5.41, 5.74) is 0.966. The van der Waals surface area contributed by atoms with Crippen LogP contribution in [0, 0.1) is 23.2 Å². The summed E-state index contributed by atoms with van der Waals surface area (Å²) >= 11 is 0. The molecular weight excluding hydrogens is 350 g/mol. The molecule has 5 nitrogen and oxygen atoms in total. The molecule has 0 atom stereocenters. The molecule has 0 bridgehead atoms. The molecule has 154 valence electrons. The number of rotatable bonds is 8. The summed E-state index contributed by atoms with van der Waals surface area (Å²) in [5.74, 6) is 7.83. The van der Waals surface area contributed by atoms with E-state index in [0.29, 0.717) is 19.6 Å². The van der Waals surface area contributed by atoms with Crippen LogP contribution in [0.5, 0.6) is 0 Å². The van der Waals surface area contributed by atoms with Gasteiger partial charge in [0.1, 0.15) is 11.6 Å². The third-order valence-corrected chi connectivity index (χ3v) is 4.71. The molecule has 2 rings (SSSR count). The molecule has 2 heterocycles. The number of pyridine rings is 1. The second-order valence-corrected chi connectivity index (χ2v) is 8.72. The Morgan fingerprint density at radius 1 is 1.18 bits per heavy atom. The maximum Gasteiger partial charge on any atom is 0.137 e. The highest BCUT2D eigenvalue weighted by molar-refractivity contribution is 5.80. The van der Waals surface area contributed by atoms with Crippen LogP contribution >= 0.6 is 0 Å². The lowest BCUT2D eigenvalue weighted by Gasteiger charge is -2.35. The maximum absolute atomic E-state index is 11.6. The smallest absolute Gasteiger partial charge is 0.137 e. The van der Waals surface area contributed by atoms with Crippen molar-refractivity contribution in [2.45, 2.75) is 41.0 Å². The number of hydrogen-bond donors (Lipinski definition) is 0. The fourth-order valence-corrected chi connectivity index (χ4v) is 2.86. The standard InChI is InChI=1S/C23H35N3O2/c1-19(2)21(27)9-16-28-17-15-25-11-13-26(14-12-25)22-7-6-20(18-24-22)8-10-23(3,4)5/h6-7,18-19H,9,11-17H2,1-5H3. The summed E-state index contributed by atoms with van der Waals surface area (Å²) in [5, 5.41) is 0. The molecule has 0 aliphatic carbocycles. The third-order valence-electron chi connectivity index (χ3n) is 4.71. The van der Waals surface area contributed by atoms with Crippen LogP contribution in [0.3, 0.4) is 0 Å². The topological polar surface area (TPSA) is 45.7 Å². The van der Waals surface area contributed by atoms with E-state index in [-0.39, 0.29) is 17.1 Å². The van der Waals surface area contributed by atoms with Gasteiger partial charge in [-0.3, -0.25) is 9.69 Å². The van der Waals surface area contributed by atoms with Crippen LogP contribution in [0.25, 0.3) is 0 Å². The average Bonchev–Trinajstić information content (AvgIpc) is 2.66. The van der Waals surface area contributed by atoms with Crippen LogP contribution in [0.2, 0.25) is 0 Å². The number of aromatic nitrogens is 1. The van der Waals surface area contributed by atoms with Crippen molar-refractivity contribution >= 4 is 11.6 Å². The number of carbonyl (C=O) groups is 1. The van der Waals surface area contributed by atoms with Gasteiger partial charge in [0.25, 0.3) is 0 Å². The summed E-state index contributed by atoms with van der Waals surface area (Å²) < 4.78 is 5.63. The van der Waals surface area contributed by atoms with Crippen molar-refractivity contribution in [1.82, 2.24) is 9.88 Å². The van der Waals surface area contributed by atoms with Crippen molar-refractivity contribution in [2.75, 3.05) is 50.8 Å². The Bertz CT molecular complexity index is 673. The zero-order valence-corrected chi connectivity index (χ0v) is 18.1. The van der Waals surface area contributed by atoms with Gasteiger partial charge in [-0.1, -0.05) is 25.7 Å². The molecule has 28 heavy (non-hydrogen) atoms. The minimum atomic E-state index is 0.00265. The molecule has 0 radical (unpaired) electrons. The normalized spacial score (nSPS) is 15.4. The van der Waals surface area contributed by atoms with Gasteiger partial charge in [-0.2, -0.15) is 0 Å². The molecule has 0 spiro atoms. The molecule has 1 aliphatic rings. The summed E-state index contributed by atoms with van der Waals surface area (Å²) in [6.45, 7) is 16.3. The number of carbonyl (C=O) groups excluding carboxylic acids is 1. The first kappa shape index (κ1) is 22.4. The van der Waals surface area contributed by atoms with Crippen LogP contribution in [-0.2, 0) is 9.53 Å². The monoisotopic (exact) mass is 385 g/mol.